The normalized spacial score (nSPS) is 11.3. The lowest BCUT2D eigenvalue weighted by atomic mass is 9.95. The summed E-state index contributed by atoms with van der Waals surface area (Å²) in [6, 6.07) is 7.48. The van der Waals surface area contributed by atoms with Gasteiger partial charge in [-0.1, -0.05) is 24.3 Å². The fourth-order valence-electron chi connectivity index (χ4n) is 2.01. The molecule has 8 heteroatoms. The highest BCUT2D eigenvalue weighted by Crippen LogP contribution is 2.50. The molecule has 0 saturated carbocycles. The van der Waals surface area contributed by atoms with Crippen LogP contribution < -0.4 is 0 Å². The van der Waals surface area contributed by atoms with Crippen molar-refractivity contribution >= 4 is 23.5 Å². The van der Waals surface area contributed by atoms with Crippen LogP contribution in [0, 0.1) is 0 Å². The Balaban J connectivity index is 2.53. The number of aliphatic imine (C=N–C) groups is 2. The molecule has 0 bridgehead atoms. The standard InChI is InChI=1S/C16H8F4N2O2/c17-15(18,11-3-1-5-13(7-11)21-9-23)16(19,20)12-4-2-6-14(8-12)22-10-24/h1-8H. The van der Waals surface area contributed by atoms with E-state index in [0.717, 1.165) is 36.4 Å². The fourth-order valence-corrected chi connectivity index (χ4v) is 2.01. The highest BCUT2D eigenvalue weighted by atomic mass is 19.3. The van der Waals surface area contributed by atoms with Gasteiger partial charge in [-0.2, -0.15) is 27.5 Å². The fraction of sp³-hybridized carbons (Fsp3) is 0.125. The first kappa shape index (κ1) is 17.3. The van der Waals surface area contributed by atoms with E-state index in [-0.39, 0.29) is 11.4 Å². The SMILES string of the molecule is O=C=Nc1cccc(C(F)(F)C(F)(F)c2cccc(N=C=O)c2)c1. The molecule has 0 N–H and O–H groups in total. The maximum Gasteiger partial charge on any atom is 0.339 e. The molecule has 0 aliphatic carbocycles. The van der Waals surface area contributed by atoms with Crippen LogP contribution >= 0.6 is 0 Å². The van der Waals surface area contributed by atoms with Gasteiger partial charge in [0.05, 0.1) is 11.4 Å². The minimum Gasteiger partial charge on any atom is -0.211 e. The van der Waals surface area contributed by atoms with Crippen molar-refractivity contribution in [3.05, 3.63) is 59.7 Å². The van der Waals surface area contributed by atoms with Crippen molar-refractivity contribution in [3.63, 3.8) is 0 Å². The molecular formula is C16H8F4N2O2. The molecule has 0 aliphatic rings. The summed E-state index contributed by atoms with van der Waals surface area (Å²) < 4.78 is 57.4. The summed E-state index contributed by atoms with van der Waals surface area (Å²) in [5.74, 6) is -9.18. The second-order valence-electron chi connectivity index (χ2n) is 4.66. The van der Waals surface area contributed by atoms with Crippen LogP contribution in [0.25, 0.3) is 0 Å². The van der Waals surface area contributed by atoms with Gasteiger partial charge < -0.3 is 0 Å². The Hall–Kier alpha value is -3.08. The van der Waals surface area contributed by atoms with E-state index in [1.165, 1.54) is 12.1 Å². The number of alkyl halides is 4. The van der Waals surface area contributed by atoms with Gasteiger partial charge >= 0.3 is 11.8 Å². The highest BCUT2D eigenvalue weighted by molar-refractivity contribution is 5.52. The van der Waals surface area contributed by atoms with Gasteiger partial charge in [-0.05, 0) is 24.3 Å². The minimum absolute atomic E-state index is 0.225. The minimum atomic E-state index is -4.59. The molecule has 0 atom stereocenters. The summed E-state index contributed by atoms with van der Waals surface area (Å²) in [6.45, 7) is 0. The highest BCUT2D eigenvalue weighted by Gasteiger charge is 2.58. The Morgan fingerprint density at radius 1 is 0.708 bits per heavy atom. The lowest BCUT2D eigenvalue weighted by Crippen LogP contribution is -2.35. The molecule has 0 spiro atoms. The van der Waals surface area contributed by atoms with Gasteiger partial charge in [-0.25, -0.2) is 9.59 Å². The lowest BCUT2D eigenvalue weighted by molar-refractivity contribution is -0.223. The number of nitrogens with zero attached hydrogens (tertiary/aromatic N) is 2. The third-order valence-corrected chi connectivity index (χ3v) is 3.16. The number of carbonyl (C=O) groups excluding carboxylic acids is 2. The van der Waals surface area contributed by atoms with Gasteiger partial charge in [-0.3, -0.25) is 0 Å². The summed E-state index contributed by atoms with van der Waals surface area (Å²) in [5.41, 5.74) is -2.49. The van der Waals surface area contributed by atoms with Crippen LogP contribution in [0.5, 0.6) is 0 Å². The Kier molecular flexibility index (Phi) is 4.74. The zero-order chi connectivity index (χ0) is 17.8. The van der Waals surface area contributed by atoms with Crippen molar-refractivity contribution in [2.75, 3.05) is 0 Å². The van der Waals surface area contributed by atoms with Crippen LogP contribution in [0.3, 0.4) is 0 Å². The first-order valence-corrected chi connectivity index (χ1v) is 6.45. The first-order chi connectivity index (χ1) is 11.3. The summed E-state index contributed by atoms with van der Waals surface area (Å²) in [6.07, 6.45) is 2.30. The maximum atomic E-state index is 14.4. The number of hydrogen-bond donors (Lipinski definition) is 0. The molecule has 0 amide bonds. The van der Waals surface area contributed by atoms with Crippen molar-refractivity contribution in [2.24, 2.45) is 9.98 Å². The van der Waals surface area contributed by atoms with Crippen molar-refractivity contribution in [3.8, 4) is 0 Å². The number of halogens is 4. The third-order valence-electron chi connectivity index (χ3n) is 3.16. The summed E-state index contributed by atoms with van der Waals surface area (Å²) in [7, 11) is 0. The van der Waals surface area contributed by atoms with E-state index >= 15 is 0 Å². The summed E-state index contributed by atoms with van der Waals surface area (Å²) >= 11 is 0. The molecule has 0 unspecified atom stereocenters. The molecule has 0 saturated heterocycles. The third kappa shape index (κ3) is 3.15. The molecule has 24 heavy (non-hydrogen) atoms. The molecule has 2 aromatic carbocycles. The largest absolute Gasteiger partial charge is 0.339 e. The van der Waals surface area contributed by atoms with Gasteiger partial charge in [0.15, 0.2) is 0 Å². The Labute approximate surface area is 133 Å². The van der Waals surface area contributed by atoms with Crippen LogP contribution in [0.2, 0.25) is 0 Å². The zero-order valence-electron chi connectivity index (χ0n) is 11.8. The summed E-state index contributed by atoms with van der Waals surface area (Å²) in [4.78, 5) is 26.6. The molecule has 0 aromatic heterocycles. The number of hydrogen-bond acceptors (Lipinski definition) is 4. The predicted octanol–water partition coefficient (Wildman–Crippen LogP) is 4.51. The van der Waals surface area contributed by atoms with Crippen LogP contribution in [-0.4, -0.2) is 12.2 Å². The Morgan fingerprint density at radius 2 is 1.08 bits per heavy atom. The van der Waals surface area contributed by atoms with Crippen LogP contribution in [-0.2, 0) is 21.4 Å². The molecular weight excluding hydrogens is 328 g/mol. The van der Waals surface area contributed by atoms with Gasteiger partial charge in [0, 0.05) is 11.1 Å². The molecule has 4 nitrogen and oxygen atoms in total. The van der Waals surface area contributed by atoms with E-state index in [2.05, 4.69) is 9.98 Å². The molecule has 0 radical (unpaired) electrons. The molecule has 0 aliphatic heterocycles. The molecule has 2 rings (SSSR count). The van der Waals surface area contributed by atoms with Crippen molar-refractivity contribution in [1.29, 1.82) is 0 Å². The van der Waals surface area contributed by atoms with E-state index in [1.807, 2.05) is 0 Å². The summed E-state index contributed by atoms with van der Waals surface area (Å²) in [5, 5.41) is 0. The van der Waals surface area contributed by atoms with Gasteiger partial charge in [0.2, 0.25) is 12.2 Å². The van der Waals surface area contributed by atoms with Crippen LogP contribution in [0.15, 0.2) is 58.5 Å². The molecule has 0 fully saturated rings. The number of benzene rings is 2. The van der Waals surface area contributed by atoms with Gasteiger partial charge in [0.25, 0.3) is 0 Å². The molecule has 122 valence electrons. The van der Waals surface area contributed by atoms with E-state index in [9.17, 15) is 27.2 Å². The maximum absolute atomic E-state index is 14.4. The average molecular weight is 336 g/mol. The topological polar surface area (TPSA) is 58.9 Å². The second-order valence-corrected chi connectivity index (χ2v) is 4.66. The van der Waals surface area contributed by atoms with Gasteiger partial charge in [-0.15, -0.1) is 0 Å². The predicted molar refractivity (Wildman–Crippen MR) is 76.2 cm³/mol. The number of isocyanates is 2. The van der Waals surface area contributed by atoms with E-state index in [4.69, 9.17) is 0 Å². The van der Waals surface area contributed by atoms with Crippen molar-refractivity contribution in [2.45, 2.75) is 11.8 Å². The van der Waals surface area contributed by atoms with E-state index < -0.39 is 23.0 Å². The monoisotopic (exact) mass is 336 g/mol. The Morgan fingerprint density at radius 3 is 1.42 bits per heavy atom. The molecule has 0 heterocycles. The van der Waals surface area contributed by atoms with Gasteiger partial charge in [0.1, 0.15) is 0 Å². The Bertz CT molecular complexity index is 783. The van der Waals surface area contributed by atoms with Crippen molar-refractivity contribution in [1.82, 2.24) is 0 Å². The lowest BCUT2D eigenvalue weighted by Gasteiger charge is -2.27. The van der Waals surface area contributed by atoms with E-state index in [1.54, 1.807) is 0 Å². The molecule has 2 aromatic rings. The average Bonchev–Trinajstić information content (AvgIpc) is 2.56. The van der Waals surface area contributed by atoms with Crippen molar-refractivity contribution < 1.29 is 27.2 Å². The quantitative estimate of drug-likeness (QED) is 0.458. The van der Waals surface area contributed by atoms with Crippen LogP contribution in [0.1, 0.15) is 11.1 Å². The second kappa shape index (κ2) is 6.58. The number of rotatable bonds is 5. The van der Waals surface area contributed by atoms with E-state index in [0.29, 0.717) is 12.1 Å². The van der Waals surface area contributed by atoms with Crippen LogP contribution in [0.4, 0.5) is 28.9 Å². The zero-order valence-corrected chi connectivity index (χ0v) is 11.8. The first-order valence-electron chi connectivity index (χ1n) is 6.45. The smallest absolute Gasteiger partial charge is 0.211 e.